The first kappa shape index (κ1) is 10.2. The molecule has 3 rings (SSSR count). The van der Waals surface area contributed by atoms with Crippen molar-refractivity contribution in [3.05, 3.63) is 35.0 Å². The molecule has 0 amide bonds. The van der Waals surface area contributed by atoms with Crippen molar-refractivity contribution in [3.63, 3.8) is 0 Å². The van der Waals surface area contributed by atoms with Crippen LogP contribution in [0, 0.1) is 5.92 Å². The van der Waals surface area contributed by atoms with Crippen LogP contribution in [0.2, 0.25) is 5.22 Å². The van der Waals surface area contributed by atoms with Crippen molar-refractivity contribution in [3.8, 4) is 0 Å². The summed E-state index contributed by atoms with van der Waals surface area (Å²) in [7, 11) is 0. The quantitative estimate of drug-likeness (QED) is 0.880. The maximum absolute atomic E-state index is 6.10. The van der Waals surface area contributed by atoms with Crippen molar-refractivity contribution in [1.29, 1.82) is 0 Å². The van der Waals surface area contributed by atoms with E-state index in [1.165, 1.54) is 6.42 Å². The van der Waals surface area contributed by atoms with E-state index in [0.717, 1.165) is 29.0 Å². The van der Waals surface area contributed by atoms with E-state index in [-0.39, 0.29) is 0 Å². The number of nitrogens with one attached hydrogen (secondary N) is 1. The number of hydrogen-bond acceptors (Lipinski definition) is 2. The molecule has 1 saturated carbocycles. The molecule has 2 aromatic rings. The zero-order valence-electron chi connectivity index (χ0n) is 9.16. The van der Waals surface area contributed by atoms with Crippen LogP contribution in [0.3, 0.4) is 0 Å². The molecule has 0 radical (unpaired) electrons. The molecular formula is C13H14ClNO. The zero-order chi connectivity index (χ0) is 11.1. The van der Waals surface area contributed by atoms with Gasteiger partial charge in [-0.3, -0.25) is 0 Å². The van der Waals surface area contributed by atoms with Gasteiger partial charge in [-0.15, -0.1) is 0 Å². The number of hydrogen-bond donors (Lipinski definition) is 1. The average molecular weight is 236 g/mol. The third-order valence-corrected chi connectivity index (χ3v) is 3.60. The van der Waals surface area contributed by atoms with Gasteiger partial charge in [-0.25, -0.2) is 0 Å². The molecule has 2 atom stereocenters. The van der Waals surface area contributed by atoms with Gasteiger partial charge in [-0.2, -0.15) is 0 Å². The smallest absolute Gasteiger partial charge is 0.199 e. The lowest BCUT2D eigenvalue weighted by Crippen LogP contribution is -2.16. The third-order valence-electron chi connectivity index (χ3n) is 3.30. The maximum Gasteiger partial charge on any atom is 0.199 e. The van der Waals surface area contributed by atoms with Gasteiger partial charge in [0.25, 0.3) is 0 Å². The number of fused-ring (bicyclic) bond motifs is 1. The molecule has 2 unspecified atom stereocenters. The van der Waals surface area contributed by atoms with Crippen molar-refractivity contribution in [1.82, 2.24) is 5.32 Å². The summed E-state index contributed by atoms with van der Waals surface area (Å²) in [6, 6.07) is 8.63. The number of rotatable bonds is 3. The maximum atomic E-state index is 6.10. The number of halogens is 1. The summed E-state index contributed by atoms with van der Waals surface area (Å²) < 4.78 is 5.50. The van der Waals surface area contributed by atoms with E-state index >= 15 is 0 Å². The molecule has 3 heteroatoms. The molecule has 1 aliphatic rings. The van der Waals surface area contributed by atoms with Crippen LogP contribution >= 0.6 is 11.6 Å². The van der Waals surface area contributed by atoms with Gasteiger partial charge in [0.05, 0.1) is 0 Å². The molecule has 16 heavy (non-hydrogen) atoms. The molecule has 1 fully saturated rings. The SMILES string of the molecule is CC1CC1NCc1c(Cl)oc2ccccc12. The predicted molar refractivity (Wildman–Crippen MR) is 65.6 cm³/mol. The third kappa shape index (κ3) is 1.72. The highest BCUT2D eigenvalue weighted by atomic mass is 35.5. The van der Waals surface area contributed by atoms with E-state index in [9.17, 15) is 0 Å². The Hall–Kier alpha value is -0.990. The van der Waals surface area contributed by atoms with Gasteiger partial charge in [0, 0.05) is 23.5 Å². The van der Waals surface area contributed by atoms with Crippen molar-refractivity contribution < 1.29 is 4.42 Å². The van der Waals surface area contributed by atoms with Crippen LogP contribution in [-0.2, 0) is 6.54 Å². The van der Waals surface area contributed by atoms with E-state index in [0.29, 0.717) is 11.3 Å². The first-order valence-corrected chi connectivity index (χ1v) is 6.03. The Morgan fingerprint density at radius 2 is 2.19 bits per heavy atom. The Bertz CT molecular complexity index is 520. The molecule has 0 bridgehead atoms. The molecular weight excluding hydrogens is 222 g/mol. The fourth-order valence-corrected chi connectivity index (χ4v) is 2.33. The fourth-order valence-electron chi connectivity index (χ4n) is 2.07. The highest BCUT2D eigenvalue weighted by Crippen LogP contribution is 2.32. The minimum atomic E-state index is 0.516. The van der Waals surface area contributed by atoms with Gasteiger partial charge >= 0.3 is 0 Å². The zero-order valence-corrected chi connectivity index (χ0v) is 9.92. The van der Waals surface area contributed by atoms with Gasteiger partial charge in [0.2, 0.25) is 0 Å². The highest BCUT2D eigenvalue weighted by Gasteiger charge is 2.32. The standard InChI is InChI=1S/C13H14ClNO/c1-8-6-11(8)15-7-10-9-4-2-3-5-12(9)16-13(10)14/h2-5,8,11,15H,6-7H2,1H3. The van der Waals surface area contributed by atoms with Crippen LogP contribution in [0.4, 0.5) is 0 Å². The molecule has 1 aliphatic carbocycles. The van der Waals surface area contributed by atoms with Crippen molar-refractivity contribution >= 4 is 22.6 Å². The van der Waals surface area contributed by atoms with E-state index in [2.05, 4.69) is 18.3 Å². The monoisotopic (exact) mass is 235 g/mol. The number of para-hydroxylation sites is 1. The van der Waals surface area contributed by atoms with Crippen LogP contribution in [0.15, 0.2) is 28.7 Å². The highest BCUT2D eigenvalue weighted by molar-refractivity contribution is 6.30. The first-order chi connectivity index (χ1) is 7.75. The number of benzene rings is 1. The molecule has 1 heterocycles. The Morgan fingerprint density at radius 3 is 2.94 bits per heavy atom. The van der Waals surface area contributed by atoms with Crippen LogP contribution < -0.4 is 5.32 Å². The van der Waals surface area contributed by atoms with Crippen LogP contribution in [0.25, 0.3) is 11.0 Å². The Labute approximate surface area is 99.6 Å². The molecule has 1 N–H and O–H groups in total. The molecule has 0 saturated heterocycles. The second kappa shape index (κ2) is 3.79. The minimum absolute atomic E-state index is 0.516. The Morgan fingerprint density at radius 1 is 1.44 bits per heavy atom. The minimum Gasteiger partial charge on any atom is -0.444 e. The van der Waals surface area contributed by atoms with Gasteiger partial charge in [0.1, 0.15) is 5.58 Å². The molecule has 1 aromatic heterocycles. The number of furan rings is 1. The lowest BCUT2D eigenvalue weighted by molar-refractivity contribution is 0.599. The van der Waals surface area contributed by atoms with Crippen molar-refractivity contribution in [2.75, 3.05) is 0 Å². The summed E-state index contributed by atoms with van der Waals surface area (Å²) >= 11 is 6.10. The summed E-state index contributed by atoms with van der Waals surface area (Å²) in [5.41, 5.74) is 1.95. The second-order valence-electron chi connectivity index (χ2n) is 4.55. The summed E-state index contributed by atoms with van der Waals surface area (Å²) in [5.74, 6) is 0.803. The first-order valence-electron chi connectivity index (χ1n) is 5.65. The lowest BCUT2D eigenvalue weighted by Gasteiger charge is -2.01. The van der Waals surface area contributed by atoms with E-state index in [1.807, 2.05) is 18.2 Å². The van der Waals surface area contributed by atoms with Gasteiger partial charge < -0.3 is 9.73 Å². The summed E-state index contributed by atoms with van der Waals surface area (Å²) in [4.78, 5) is 0. The van der Waals surface area contributed by atoms with Crippen LogP contribution in [-0.4, -0.2) is 6.04 Å². The van der Waals surface area contributed by atoms with Crippen LogP contribution in [0.5, 0.6) is 0 Å². The topological polar surface area (TPSA) is 25.2 Å². The normalized spacial score (nSPS) is 23.9. The second-order valence-corrected chi connectivity index (χ2v) is 4.89. The van der Waals surface area contributed by atoms with Gasteiger partial charge in [-0.05, 0) is 30.0 Å². The van der Waals surface area contributed by atoms with Crippen molar-refractivity contribution in [2.45, 2.75) is 25.9 Å². The van der Waals surface area contributed by atoms with Gasteiger partial charge in [-0.1, -0.05) is 25.1 Å². The van der Waals surface area contributed by atoms with Crippen molar-refractivity contribution in [2.24, 2.45) is 5.92 Å². The fraction of sp³-hybridized carbons (Fsp3) is 0.385. The Kier molecular flexibility index (Phi) is 2.41. The van der Waals surface area contributed by atoms with E-state index in [1.54, 1.807) is 0 Å². The summed E-state index contributed by atoms with van der Waals surface area (Å²) in [5, 5.41) is 5.13. The lowest BCUT2D eigenvalue weighted by atomic mass is 10.2. The Balaban J connectivity index is 1.87. The molecule has 0 spiro atoms. The van der Waals surface area contributed by atoms with Crippen LogP contribution in [0.1, 0.15) is 18.9 Å². The molecule has 0 aliphatic heterocycles. The average Bonchev–Trinajstić information content (AvgIpc) is 2.88. The van der Waals surface area contributed by atoms with E-state index in [4.69, 9.17) is 16.0 Å². The molecule has 84 valence electrons. The predicted octanol–water partition coefficient (Wildman–Crippen LogP) is 3.58. The molecule has 1 aromatic carbocycles. The largest absolute Gasteiger partial charge is 0.444 e. The van der Waals surface area contributed by atoms with Gasteiger partial charge in [0.15, 0.2) is 5.22 Å². The molecule has 2 nitrogen and oxygen atoms in total. The van der Waals surface area contributed by atoms with E-state index < -0.39 is 0 Å². The summed E-state index contributed by atoms with van der Waals surface area (Å²) in [6.45, 7) is 3.05. The summed E-state index contributed by atoms with van der Waals surface area (Å²) in [6.07, 6.45) is 1.27.